The number of rotatable bonds is 12. The van der Waals surface area contributed by atoms with Gasteiger partial charge in [-0.2, -0.15) is 0 Å². The quantitative estimate of drug-likeness (QED) is 0.273. The fourth-order valence-electron chi connectivity index (χ4n) is 1.61. The van der Waals surface area contributed by atoms with Gasteiger partial charge in [-0.05, 0) is 6.92 Å². The molecule has 0 saturated carbocycles. The molecule has 0 aromatic rings. The van der Waals surface area contributed by atoms with Gasteiger partial charge in [0.15, 0.2) is 19.5 Å². The van der Waals surface area contributed by atoms with Crippen molar-refractivity contribution in [2.45, 2.75) is 51.2 Å². The first-order valence-corrected chi connectivity index (χ1v) is 6.81. The van der Waals surface area contributed by atoms with Gasteiger partial charge in [0.05, 0.1) is 12.8 Å². The molecule has 0 saturated heterocycles. The Kier molecular flexibility index (Phi) is 7.53. The van der Waals surface area contributed by atoms with E-state index in [2.05, 4.69) is 0 Å². The Labute approximate surface area is 135 Å². The van der Waals surface area contributed by atoms with Gasteiger partial charge in [0.2, 0.25) is 0 Å². The number of hydrogen-bond acceptors (Lipinski definition) is 10. The maximum Gasteiger partial charge on any atom is 0.480 e. The van der Waals surface area contributed by atoms with E-state index in [0.717, 1.165) is 0 Å². The monoisotopic (exact) mass is 354 g/mol. The molecular formula is C10H18N4O10. The maximum absolute atomic E-state index is 10.9. The Morgan fingerprint density at radius 3 is 1.17 bits per heavy atom. The molecule has 0 fully saturated rings. The van der Waals surface area contributed by atoms with Crippen LogP contribution in [0.5, 0.6) is 0 Å². The lowest BCUT2D eigenvalue weighted by molar-refractivity contribution is -0.802. The van der Waals surface area contributed by atoms with E-state index in [-0.39, 0.29) is 0 Å². The Morgan fingerprint density at radius 2 is 1.00 bits per heavy atom. The van der Waals surface area contributed by atoms with Crippen LogP contribution in [0.25, 0.3) is 0 Å². The van der Waals surface area contributed by atoms with Crippen molar-refractivity contribution in [1.29, 1.82) is 0 Å². The van der Waals surface area contributed by atoms with E-state index in [1.165, 1.54) is 20.8 Å². The standard InChI is InChI=1S/C10H18N4O10/c1-4-9(11(15)16,12(17)18)6-23-8(3)24-7-10(5-2,13(19)20)14(21)22/h8H,4-7H2,1-3H3. The Morgan fingerprint density at radius 1 is 0.750 bits per heavy atom. The second-order valence-corrected chi connectivity index (χ2v) is 4.89. The largest absolute Gasteiger partial charge is 0.480 e. The van der Waals surface area contributed by atoms with E-state index < -0.39 is 63.4 Å². The molecule has 0 atom stereocenters. The molecule has 0 aliphatic carbocycles. The van der Waals surface area contributed by atoms with E-state index in [1.807, 2.05) is 0 Å². The summed E-state index contributed by atoms with van der Waals surface area (Å²) in [6, 6.07) is 0. The average Bonchev–Trinajstić information content (AvgIpc) is 2.47. The molecule has 0 N–H and O–H groups in total. The lowest BCUT2D eigenvalue weighted by Gasteiger charge is -2.21. The summed E-state index contributed by atoms with van der Waals surface area (Å²) in [5, 5.41) is 43.7. The van der Waals surface area contributed by atoms with E-state index >= 15 is 0 Å². The third-order valence-electron chi connectivity index (χ3n) is 3.59. The highest BCUT2D eigenvalue weighted by atomic mass is 16.7. The van der Waals surface area contributed by atoms with Crippen LogP contribution in [0.3, 0.4) is 0 Å². The van der Waals surface area contributed by atoms with Crippen LogP contribution in [0.2, 0.25) is 0 Å². The highest BCUT2D eigenvalue weighted by Gasteiger charge is 2.56. The SMILES string of the molecule is CCC(COC(C)OCC(CC)([N+](=O)[O-])[N+](=O)[O-])([N+](=O)[O-])[N+](=O)[O-]. The molecule has 0 unspecified atom stereocenters. The molecule has 24 heavy (non-hydrogen) atoms. The molecule has 14 nitrogen and oxygen atoms in total. The number of hydrogen-bond donors (Lipinski definition) is 0. The van der Waals surface area contributed by atoms with Crippen molar-refractivity contribution in [3.05, 3.63) is 40.5 Å². The summed E-state index contributed by atoms with van der Waals surface area (Å²) in [7, 11) is 0. The molecule has 0 rings (SSSR count). The van der Waals surface area contributed by atoms with Crippen molar-refractivity contribution in [1.82, 2.24) is 0 Å². The van der Waals surface area contributed by atoms with Gasteiger partial charge in [0.25, 0.3) is 0 Å². The summed E-state index contributed by atoms with van der Waals surface area (Å²) in [4.78, 5) is 39.2. The molecular weight excluding hydrogens is 336 g/mol. The van der Waals surface area contributed by atoms with Gasteiger partial charge in [0, 0.05) is 0 Å². The predicted molar refractivity (Wildman–Crippen MR) is 75.4 cm³/mol. The van der Waals surface area contributed by atoms with Crippen LogP contribution in [-0.4, -0.2) is 50.5 Å². The van der Waals surface area contributed by atoms with Gasteiger partial charge in [-0.3, -0.25) is 40.5 Å². The van der Waals surface area contributed by atoms with Crippen LogP contribution < -0.4 is 0 Å². The number of nitrogens with zero attached hydrogens (tertiary/aromatic N) is 4. The lowest BCUT2D eigenvalue weighted by atomic mass is 10.1. The van der Waals surface area contributed by atoms with Crippen LogP contribution >= 0.6 is 0 Å². The summed E-state index contributed by atoms with van der Waals surface area (Å²) in [6.07, 6.45) is -2.30. The first kappa shape index (κ1) is 21.5. The van der Waals surface area contributed by atoms with Gasteiger partial charge in [0.1, 0.15) is 19.7 Å². The fourth-order valence-corrected chi connectivity index (χ4v) is 1.61. The zero-order chi connectivity index (χ0) is 19.1. The first-order valence-electron chi connectivity index (χ1n) is 6.81. The maximum atomic E-state index is 10.9. The van der Waals surface area contributed by atoms with Gasteiger partial charge in [-0.15, -0.1) is 0 Å². The summed E-state index contributed by atoms with van der Waals surface area (Å²) >= 11 is 0. The van der Waals surface area contributed by atoms with Crippen molar-refractivity contribution in [2.75, 3.05) is 13.2 Å². The number of ether oxygens (including phenoxy) is 2. The Hall–Kier alpha value is -2.48. The summed E-state index contributed by atoms with van der Waals surface area (Å²) < 4.78 is 9.74. The zero-order valence-electron chi connectivity index (χ0n) is 13.3. The fraction of sp³-hybridized carbons (Fsp3) is 1.00. The molecule has 138 valence electrons. The minimum absolute atomic E-state index is 0.470. The predicted octanol–water partition coefficient (Wildman–Crippen LogP) is 0.685. The minimum atomic E-state index is -2.59. The highest BCUT2D eigenvalue weighted by Crippen LogP contribution is 2.20. The second-order valence-electron chi connectivity index (χ2n) is 4.89. The Bertz CT molecular complexity index is 438. The summed E-state index contributed by atoms with van der Waals surface area (Å²) in [6.45, 7) is 1.70. The zero-order valence-corrected chi connectivity index (χ0v) is 13.3. The number of nitro groups is 4. The third kappa shape index (κ3) is 4.29. The molecule has 0 aromatic carbocycles. The molecule has 0 aliphatic rings. The summed E-state index contributed by atoms with van der Waals surface area (Å²) in [5.41, 5.74) is -5.18. The molecule has 0 bridgehead atoms. The molecule has 0 radical (unpaired) electrons. The van der Waals surface area contributed by atoms with E-state index in [0.29, 0.717) is 0 Å². The minimum Gasteiger partial charge on any atom is -0.337 e. The van der Waals surface area contributed by atoms with Crippen LogP contribution in [0.15, 0.2) is 0 Å². The van der Waals surface area contributed by atoms with Crippen molar-refractivity contribution >= 4 is 0 Å². The van der Waals surface area contributed by atoms with Crippen molar-refractivity contribution < 1.29 is 29.2 Å². The van der Waals surface area contributed by atoms with E-state index in [4.69, 9.17) is 9.47 Å². The molecule has 0 spiro atoms. The molecule has 0 amide bonds. The first-order chi connectivity index (χ1) is 11.0. The average molecular weight is 354 g/mol. The molecule has 0 heterocycles. The highest BCUT2D eigenvalue weighted by molar-refractivity contribution is 4.66. The topological polar surface area (TPSA) is 191 Å². The van der Waals surface area contributed by atoms with Crippen LogP contribution in [0.4, 0.5) is 0 Å². The van der Waals surface area contributed by atoms with Crippen LogP contribution in [0, 0.1) is 40.5 Å². The summed E-state index contributed by atoms with van der Waals surface area (Å²) in [5.74, 6) is 0. The normalized spacial score (nSPS) is 12.2. The van der Waals surface area contributed by atoms with Crippen LogP contribution in [0.1, 0.15) is 33.6 Å². The molecule has 0 aliphatic heterocycles. The van der Waals surface area contributed by atoms with Crippen molar-refractivity contribution in [2.24, 2.45) is 0 Å². The van der Waals surface area contributed by atoms with Gasteiger partial charge >= 0.3 is 11.3 Å². The second kappa shape index (κ2) is 8.39. The van der Waals surface area contributed by atoms with Gasteiger partial charge in [-0.25, -0.2) is 0 Å². The molecule has 14 heteroatoms. The lowest BCUT2D eigenvalue weighted by Crippen LogP contribution is -2.52. The van der Waals surface area contributed by atoms with Gasteiger partial charge in [-0.1, -0.05) is 13.8 Å². The molecule has 0 aromatic heterocycles. The van der Waals surface area contributed by atoms with E-state index in [1.54, 1.807) is 0 Å². The Balaban J connectivity index is 4.94. The van der Waals surface area contributed by atoms with E-state index in [9.17, 15) is 40.5 Å². The third-order valence-corrected chi connectivity index (χ3v) is 3.59. The van der Waals surface area contributed by atoms with Gasteiger partial charge < -0.3 is 9.47 Å². The van der Waals surface area contributed by atoms with Crippen molar-refractivity contribution in [3.8, 4) is 0 Å². The smallest absolute Gasteiger partial charge is 0.337 e. The van der Waals surface area contributed by atoms with Crippen molar-refractivity contribution in [3.63, 3.8) is 0 Å². The van der Waals surface area contributed by atoms with Crippen LogP contribution in [-0.2, 0) is 9.47 Å².